The van der Waals surface area contributed by atoms with Crippen LogP contribution in [0.25, 0.3) is 0 Å². The molecule has 3 nitrogen and oxygen atoms in total. The minimum atomic E-state index is -0.246. The van der Waals surface area contributed by atoms with Crippen molar-refractivity contribution < 1.29 is 14.6 Å². The quantitative estimate of drug-likeness (QED) is 0.608. The standard InChI is InChI=1S/C12H16O3/c1-3-12(14)15-11-6-4-5-10(7-11)9(2)8-13/h4-7,9,13H,3,8H2,1-2H3. The van der Waals surface area contributed by atoms with Gasteiger partial charge in [0.25, 0.3) is 0 Å². The molecule has 0 saturated carbocycles. The highest BCUT2D eigenvalue weighted by Gasteiger charge is 2.06. The van der Waals surface area contributed by atoms with E-state index in [-0.39, 0.29) is 18.5 Å². The largest absolute Gasteiger partial charge is 0.427 e. The minimum absolute atomic E-state index is 0.0604. The summed E-state index contributed by atoms with van der Waals surface area (Å²) in [5.74, 6) is 0.355. The van der Waals surface area contributed by atoms with Crippen molar-refractivity contribution >= 4 is 5.97 Å². The van der Waals surface area contributed by atoms with Gasteiger partial charge < -0.3 is 9.84 Å². The lowest BCUT2D eigenvalue weighted by Gasteiger charge is -2.09. The van der Waals surface area contributed by atoms with Gasteiger partial charge in [0.2, 0.25) is 0 Å². The maximum atomic E-state index is 11.1. The first-order valence-corrected chi connectivity index (χ1v) is 5.08. The molecule has 0 bridgehead atoms. The summed E-state index contributed by atoms with van der Waals surface area (Å²) in [6.07, 6.45) is 0.361. The number of esters is 1. The van der Waals surface area contributed by atoms with E-state index < -0.39 is 0 Å². The number of rotatable bonds is 4. The molecule has 0 aromatic heterocycles. The van der Waals surface area contributed by atoms with Gasteiger partial charge in [0.05, 0.1) is 0 Å². The second kappa shape index (κ2) is 5.51. The normalized spacial score (nSPS) is 12.2. The van der Waals surface area contributed by atoms with Gasteiger partial charge in [-0.15, -0.1) is 0 Å². The van der Waals surface area contributed by atoms with Crippen LogP contribution in [0.15, 0.2) is 24.3 Å². The van der Waals surface area contributed by atoms with E-state index in [1.807, 2.05) is 19.1 Å². The van der Waals surface area contributed by atoms with E-state index in [2.05, 4.69) is 0 Å². The van der Waals surface area contributed by atoms with Crippen molar-refractivity contribution in [2.24, 2.45) is 0 Å². The molecule has 0 saturated heterocycles. The zero-order valence-electron chi connectivity index (χ0n) is 9.06. The van der Waals surface area contributed by atoms with Crippen LogP contribution in [0.5, 0.6) is 5.75 Å². The van der Waals surface area contributed by atoms with E-state index in [0.29, 0.717) is 12.2 Å². The molecule has 0 aliphatic rings. The lowest BCUT2D eigenvalue weighted by molar-refractivity contribution is -0.134. The third-order valence-corrected chi connectivity index (χ3v) is 2.22. The Hall–Kier alpha value is -1.35. The second-order valence-electron chi connectivity index (χ2n) is 3.48. The summed E-state index contributed by atoms with van der Waals surface area (Å²) < 4.78 is 5.08. The molecule has 82 valence electrons. The number of aliphatic hydroxyl groups excluding tert-OH is 1. The molecule has 0 fully saturated rings. The molecule has 0 radical (unpaired) electrons. The molecule has 0 heterocycles. The Kier molecular flexibility index (Phi) is 4.31. The van der Waals surface area contributed by atoms with Gasteiger partial charge in [-0.3, -0.25) is 4.79 Å². The van der Waals surface area contributed by atoms with E-state index in [9.17, 15) is 4.79 Å². The number of ether oxygens (including phenoxy) is 1. The topological polar surface area (TPSA) is 46.5 Å². The van der Waals surface area contributed by atoms with Gasteiger partial charge in [0.15, 0.2) is 0 Å². The van der Waals surface area contributed by atoms with Crippen molar-refractivity contribution in [2.75, 3.05) is 6.61 Å². The lowest BCUT2D eigenvalue weighted by atomic mass is 10.0. The first kappa shape index (κ1) is 11.7. The number of aliphatic hydroxyl groups is 1. The van der Waals surface area contributed by atoms with Crippen LogP contribution in [0.2, 0.25) is 0 Å². The molecular weight excluding hydrogens is 192 g/mol. The van der Waals surface area contributed by atoms with Crippen LogP contribution in [0.3, 0.4) is 0 Å². The first-order valence-electron chi connectivity index (χ1n) is 5.08. The van der Waals surface area contributed by atoms with Crippen LogP contribution < -0.4 is 4.74 Å². The summed E-state index contributed by atoms with van der Waals surface area (Å²) in [7, 11) is 0. The highest BCUT2D eigenvalue weighted by molar-refractivity contribution is 5.71. The predicted octanol–water partition coefficient (Wildman–Crippen LogP) is 2.10. The molecule has 1 N–H and O–H groups in total. The fourth-order valence-corrected chi connectivity index (χ4v) is 1.19. The lowest BCUT2D eigenvalue weighted by Crippen LogP contribution is -2.06. The maximum absolute atomic E-state index is 11.1. The Morgan fingerprint density at radius 3 is 2.87 bits per heavy atom. The summed E-state index contributed by atoms with van der Waals surface area (Å²) in [4.78, 5) is 11.1. The molecule has 1 aromatic carbocycles. The van der Waals surface area contributed by atoms with E-state index in [4.69, 9.17) is 9.84 Å². The van der Waals surface area contributed by atoms with E-state index in [1.165, 1.54) is 0 Å². The molecule has 3 heteroatoms. The molecule has 15 heavy (non-hydrogen) atoms. The minimum Gasteiger partial charge on any atom is -0.427 e. The van der Waals surface area contributed by atoms with Crippen LogP contribution >= 0.6 is 0 Å². The average Bonchev–Trinajstić information content (AvgIpc) is 2.28. The molecule has 0 spiro atoms. The highest BCUT2D eigenvalue weighted by atomic mass is 16.5. The smallest absolute Gasteiger partial charge is 0.310 e. The van der Waals surface area contributed by atoms with E-state index in [0.717, 1.165) is 5.56 Å². The maximum Gasteiger partial charge on any atom is 0.310 e. The number of hydrogen-bond donors (Lipinski definition) is 1. The molecule has 0 aliphatic carbocycles. The fraction of sp³-hybridized carbons (Fsp3) is 0.417. The van der Waals surface area contributed by atoms with Crippen molar-refractivity contribution in [3.63, 3.8) is 0 Å². The van der Waals surface area contributed by atoms with Gasteiger partial charge in [-0.1, -0.05) is 26.0 Å². The van der Waals surface area contributed by atoms with Crippen LogP contribution in [0.1, 0.15) is 31.7 Å². The van der Waals surface area contributed by atoms with Gasteiger partial charge in [-0.25, -0.2) is 0 Å². The van der Waals surface area contributed by atoms with E-state index in [1.54, 1.807) is 19.1 Å². The van der Waals surface area contributed by atoms with Crippen LogP contribution in [-0.4, -0.2) is 17.7 Å². The number of carbonyl (C=O) groups is 1. The third-order valence-electron chi connectivity index (χ3n) is 2.22. The SMILES string of the molecule is CCC(=O)Oc1cccc(C(C)CO)c1. The van der Waals surface area contributed by atoms with Crippen LogP contribution in [0, 0.1) is 0 Å². The Bertz CT molecular complexity index is 333. The van der Waals surface area contributed by atoms with Crippen molar-refractivity contribution in [3.05, 3.63) is 29.8 Å². The zero-order chi connectivity index (χ0) is 11.3. The molecule has 1 rings (SSSR count). The fourth-order valence-electron chi connectivity index (χ4n) is 1.19. The number of hydrogen-bond acceptors (Lipinski definition) is 3. The van der Waals surface area contributed by atoms with Crippen LogP contribution in [0.4, 0.5) is 0 Å². The second-order valence-corrected chi connectivity index (χ2v) is 3.48. The molecular formula is C12H16O3. The number of carbonyl (C=O) groups excluding carboxylic acids is 1. The zero-order valence-corrected chi connectivity index (χ0v) is 9.06. The van der Waals surface area contributed by atoms with Gasteiger partial charge in [-0.2, -0.15) is 0 Å². The van der Waals surface area contributed by atoms with Crippen molar-refractivity contribution in [3.8, 4) is 5.75 Å². The average molecular weight is 208 g/mol. The van der Waals surface area contributed by atoms with E-state index >= 15 is 0 Å². The van der Waals surface area contributed by atoms with Gasteiger partial charge in [0.1, 0.15) is 5.75 Å². The monoisotopic (exact) mass is 208 g/mol. The van der Waals surface area contributed by atoms with Gasteiger partial charge >= 0.3 is 5.97 Å². The molecule has 1 atom stereocenters. The Morgan fingerprint density at radius 2 is 2.27 bits per heavy atom. The summed E-state index contributed by atoms with van der Waals surface area (Å²) in [5.41, 5.74) is 0.971. The Balaban J connectivity index is 2.78. The van der Waals surface area contributed by atoms with Crippen molar-refractivity contribution in [1.29, 1.82) is 0 Å². The molecule has 1 unspecified atom stereocenters. The predicted molar refractivity (Wildman–Crippen MR) is 57.9 cm³/mol. The molecule has 0 aliphatic heterocycles. The van der Waals surface area contributed by atoms with Gasteiger partial charge in [-0.05, 0) is 17.7 Å². The summed E-state index contributed by atoms with van der Waals surface area (Å²) >= 11 is 0. The summed E-state index contributed by atoms with van der Waals surface area (Å²) in [5, 5.41) is 9.00. The molecule has 0 amide bonds. The van der Waals surface area contributed by atoms with Crippen LogP contribution in [-0.2, 0) is 4.79 Å². The third kappa shape index (κ3) is 3.36. The number of benzene rings is 1. The Morgan fingerprint density at radius 1 is 1.53 bits per heavy atom. The van der Waals surface area contributed by atoms with Crippen molar-refractivity contribution in [2.45, 2.75) is 26.2 Å². The van der Waals surface area contributed by atoms with Gasteiger partial charge in [0, 0.05) is 18.9 Å². The summed E-state index contributed by atoms with van der Waals surface area (Å²) in [6.45, 7) is 3.76. The molecule has 1 aromatic rings. The first-order chi connectivity index (χ1) is 7.17. The summed E-state index contributed by atoms with van der Waals surface area (Å²) in [6, 6.07) is 7.25. The highest BCUT2D eigenvalue weighted by Crippen LogP contribution is 2.20. The van der Waals surface area contributed by atoms with Crippen molar-refractivity contribution in [1.82, 2.24) is 0 Å². The Labute approximate surface area is 89.7 Å².